The van der Waals surface area contributed by atoms with Crippen molar-refractivity contribution < 1.29 is 13.2 Å². The van der Waals surface area contributed by atoms with Crippen molar-refractivity contribution in [2.45, 2.75) is 0 Å². The number of hydrogen-bond donors (Lipinski definition) is 2. The van der Waals surface area contributed by atoms with E-state index in [1.807, 2.05) is 0 Å². The maximum Gasteiger partial charge on any atom is 0.237 e. The number of rotatable bonds is 6. The summed E-state index contributed by atoms with van der Waals surface area (Å²) < 4.78 is 31.3. The molecule has 0 bridgehead atoms. The van der Waals surface area contributed by atoms with Crippen LogP contribution in [0.25, 0.3) is 0 Å². The molecule has 9 heteroatoms. The Bertz CT molecular complexity index is 724. The highest BCUT2D eigenvalue weighted by atomic mass is 35.5. The number of sulfonamides is 1. The Morgan fingerprint density at radius 3 is 2.86 bits per heavy atom. The molecule has 2 rings (SSSR count). The summed E-state index contributed by atoms with van der Waals surface area (Å²) in [5, 5.41) is -0.0359. The normalized spacial score (nSPS) is 11.1. The maximum absolute atomic E-state index is 11.8. The fraction of sp³-hybridized carbons (Fsp3) is 0.167. The molecule has 0 saturated heterocycles. The summed E-state index contributed by atoms with van der Waals surface area (Å²) in [6.45, 7) is -0.0163. The maximum atomic E-state index is 11.8. The number of aromatic nitrogens is 2. The van der Waals surface area contributed by atoms with E-state index in [2.05, 4.69) is 14.7 Å². The van der Waals surface area contributed by atoms with Gasteiger partial charge in [-0.25, -0.2) is 13.4 Å². The van der Waals surface area contributed by atoms with Gasteiger partial charge in [0.25, 0.3) is 0 Å². The second-order valence-electron chi connectivity index (χ2n) is 4.05. The third-order valence-electron chi connectivity index (χ3n) is 2.37. The lowest BCUT2D eigenvalue weighted by Crippen LogP contribution is -2.21. The first kappa shape index (κ1) is 15.3. The van der Waals surface area contributed by atoms with Crippen LogP contribution in [-0.2, 0) is 10.0 Å². The lowest BCUT2D eigenvalue weighted by atomic mass is 10.3. The van der Waals surface area contributed by atoms with E-state index in [-0.39, 0.29) is 23.5 Å². The van der Waals surface area contributed by atoms with Crippen LogP contribution in [0.1, 0.15) is 0 Å². The molecule has 1 aromatic carbocycles. The largest absolute Gasteiger partial charge is 0.492 e. The van der Waals surface area contributed by atoms with Crippen molar-refractivity contribution in [3.8, 4) is 5.75 Å². The summed E-state index contributed by atoms with van der Waals surface area (Å²) in [4.78, 5) is 7.41. The van der Waals surface area contributed by atoms with Gasteiger partial charge in [0.15, 0.2) is 0 Å². The molecule has 1 heterocycles. The van der Waals surface area contributed by atoms with Gasteiger partial charge in [-0.05, 0) is 29.8 Å². The first-order chi connectivity index (χ1) is 9.94. The Balaban J connectivity index is 1.90. The zero-order valence-corrected chi connectivity index (χ0v) is 12.4. The van der Waals surface area contributed by atoms with Crippen molar-refractivity contribution in [3.63, 3.8) is 0 Å². The lowest BCUT2D eigenvalue weighted by Gasteiger charge is -2.09. The Kier molecular flexibility index (Phi) is 4.81. The van der Waals surface area contributed by atoms with E-state index in [9.17, 15) is 8.42 Å². The molecule has 0 aliphatic carbocycles. The van der Waals surface area contributed by atoms with Gasteiger partial charge in [-0.1, -0.05) is 6.07 Å². The van der Waals surface area contributed by atoms with E-state index in [4.69, 9.17) is 22.1 Å². The van der Waals surface area contributed by atoms with Gasteiger partial charge in [0, 0.05) is 18.0 Å². The SMILES string of the molecule is Nc1cccc(OCCS(=O)(=O)Nc2ccnc(Cl)n2)c1. The number of nitrogen functional groups attached to an aromatic ring is 1. The van der Waals surface area contributed by atoms with Gasteiger partial charge in [0.05, 0.1) is 0 Å². The van der Waals surface area contributed by atoms with Gasteiger partial charge < -0.3 is 10.5 Å². The molecule has 0 amide bonds. The van der Waals surface area contributed by atoms with Crippen molar-refractivity contribution in [3.05, 3.63) is 41.8 Å². The van der Waals surface area contributed by atoms with Crippen molar-refractivity contribution in [1.29, 1.82) is 0 Å². The molecule has 7 nitrogen and oxygen atoms in total. The number of anilines is 2. The molecular weight excluding hydrogens is 316 g/mol. The van der Waals surface area contributed by atoms with E-state index in [1.165, 1.54) is 12.3 Å². The van der Waals surface area contributed by atoms with E-state index >= 15 is 0 Å². The highest BCUT2D eigenvalue weighted by Crippen LogP contribution is 2.14. The number of nitrogens with two attached hydrogens (primary N) is 1. The second-order valence-corrected chi connectivity index (χ2v) is 6.23. The Labute approximate surface area is 127 Å². The predicted octanol–water partition coefficient (Wildman–Crippen LogP) is 1.53. The predicted molar refractivity (Wildman–Crippen MR) is 80.8 cm³/mol. The van der Waals surface area contributed by atoms with Crippen LogP contribution in [0.15, 0.2) is 36.5 Å². The molecule has 21 heavy (non-hydrogen) atoms. The number of ether oxygens (including phenoxy) is 1. The third kappa shape index (κ3) is 5.09. The smallest absolute Gasteiger partial charge is 0.237 e. The Morgan fingerprint density at radius 2 is 2.14 bits per heavy atom. The first-order valence-electron chi connectivity index (χ1n) is 5.92. The summed E-state index contributed by atoms with van der Waals surface area (Å²) in [6, 6.07) is 8.15. The minimum absolute atomic E-state index is 0.0163. The summed E-state index contributed by atoms with van der Waals surface area (Å²) in [7, 11) is -3.59. The van der Waals surface area contributed by atoms with Gasteiger partial charge in [0.2, 0.25) is 15.3 Å². The molecule has 0 aliphatic rings. The fourth-order valence-electron chi connectivity index (χ4n) is 1.48. The summed E-state index contributed by atoms with van der Waals surface area (Å²) in [5.41, 5.74) is 6.14. The molecule has 0 radical (unpaired) electrons. The van der Waals surface area contributed by atoms with Crippen molar-refractivity contribution in [2.24, 2.45) is 0 Å². The average Bonchev–Trinajstić information content (AvgIpc) is 2.38. The molecule has 0 aliphatic heterocycles. The topological polar surface area (TPSA) is 107 Å². The zero-order valence-electron chi connectivity index (χ0n) is 10.9. The number of benzene rings is 1. The average molecular weight is 329 g/mol. The minimum atomic E-state index is -3.59. The van der Waals surface area contributed by atoms with Gasteiger partial charge in [-0.3, -0.25) is 4.72 Å². The lowest BCUT2D eigenvalue weighted by molar-refractivity contribution is 0.341. The van der Waals surface area contributed by atoms with Crippen molar-refractivity contribution in [2.75, 3.05) is 22.8 Å². The van der Waals surface area contributed by atoms with Crippen molar-refractivity contribution >= 4 is 33.1 Å². The van der Waals surface area contributed by atoms with Crippen LogP contribution < -0.4 is 15.2 Å². The molecule has 112 valence electrons. The number of nitrogens with one attached hydrogen (secondary N) is 1. The third-order valence-corrected chi connectivity index (χ3v) is 3.77. The number of nitrogens with zero attached hydrogens (tertiary/aromatic N) is 2. The van der Waals surface area contributed by atoms with Gasteiger partial charge in [0.1, 0.15) is 23.9 Å². The second kappa shape index (κ2) is 6.59. The minimum Gasteiger partial charge on any atom is -0.492 e. The number of hydrogen-bond acceptors (Lipinski definition) is 6. The van der Waals surface area contributed by atoms with E-state index < -0.39 is 10.0 Å². The summed E-state index contributed by atoms with van der Waals surface area (Å²) >= 11 is 5.58. The quantitative estimate of drug-likeness (QED) is 0.615. The number of halogens is 1. The Morgan fingerprint density at radius 1 is 1.33 bits per heavy atom. The van der Waals surface area contributed by atoms with Crippen LogP contribution >= 0.6 is 11.6 Å². The van der Waals surface area contributed by atoms with Crippen molar-refractivity contribution in [1.82, 2.24) is 9.97 Å². The van der Waals surface area contributed by atoms with Crippen LogP contribution in [-0.4, -0.2) is 30.7 Å². The zero-order chi connectivity index (χ0) is 15.3. The summed E-state index contributed by atoms with van der Waals surface area (Å²) in [6.07, 6.45) is 1.36. The molecular formula is C12H13ClN4O3S. The molecule has 0 saturated carbocycles. The highest BCUT2D eigenvalue weighted by molar-refractivity contribution is 7.92. The van der Waals surface area contributed by atoms with Crippen LogP contribution in [0.3, 0.4) is 0 Å². The summed E-state index contributed by atoms with van der Waals surface area (Å²) in [5.74, 6) is 0.387. The molecule has 1 aromatic heterocycles. The molecule has 0 unspecified atom stereocenters. The first-order valence-corrected chi connectivity index (χ1v) is 7.95. The van der Waals surface area contributed by atoms with Gasteiger partial charge in [-0.15, -0.1) is 0 Å². The van der Waals surface area contributed by atoms with E-state index in [1.54, 1.807) is 24.3 Å². The molecule has 0 spiro atoms. The van der Waals surface area contributed by atoms with E-state index in [0.717, 1.165) is 0 Å². The molecule has 0 fully saturated rings. The molecule has 2 aromatic rings. The monoisotopic (exact) mass is 328 g/mol. The van der Waals surface area contributed by atoms with Crippen LogP contribution in [0.5, 0.6) is 5.75 Å². The van der Waals surface area contributed by atoms with Gasteiger partial charge in [-0.2, -0.15) is 4.98 Å². The van der Waals surface area contributed by atoms with Gasteiger partial charge >= 0.3 is 0 Å². The van der Waals surface area contributed by atoms with E-state index in [0.29, 0.717) is 11.4 Å². The Hall–Kier alpha value is -2.06. The standard InChI is InChI=1S/C12H13ClN4O3S/c13-12-15-5-4-11(16-12)17-21(18,19)7-6-20-10-3-1-2-9(14)8-10/h1-5,8H,6-7,14H2,(H,15,16,17). The highest BCUT2D eigenvalue weighted by Gasteiger charge is 2.12. The fourth-order valence-corrected chi connectivity index (χ4v) is 2.46. The molecule has 3 N–H and O–H groups in total. The van der Waals surface area contributed by atoms with Crippen LogP contribution in [0.2, 0.25) is 5.28 Å². The molecule has 0 atom stereocenters. The van der Waals surface area contributed by atoms with Crippen LogP contribution in [0, 0.1) is 0 Å². The van der Waals surface area contributed by atoms with Crippen LogP contribution in [0.4, 0.5) is 11.5 Å².